The lowest BCUT2D eigenvalue weighted by Crippen LogP contribution is -2.52. The number of nitrogens with zero attached hydrogens (tertiary/aromatic N) is 3. The fraction of sp³-hybridized carbons (Fsp3) is 0.414. The number of hydrogen-bond donors (Lipinski definition) is 2. The van der Waals surface area contributed by atoms with Gasteiger partial charge in [-0.25, -0.2) is 4.79 Å². The normalized spacial score (nSPS) is 21.2. The highest BCUT2D eigenvalue weighted by atomic mass is 35.5. The van der Waals surface area contributed by atoms with Gasteiger partial charge in [-0.2, -0.15) is 0 Å². The number of amides is 4. The molecule has 2 N–H and O–H groups in total. The Hall–Kier alpha value is -3.07. The summed E-state index contributed by atoms with van der Waals surface area (Å²) < 4.78 is 0. The Kier molecular flexibility index (Phi) is 8.16. The van der Waals surface area contributed by atoms with Crippen molar-refractivity contribution in [3.63, 3.8) is 0 Å². The van der Waals surface area contributed by atoms with E-state index in [0.29, 0.717) is 33.4 Å². The molecule has 1 saturated heterocycles. The van der Waals surface area contributed by atoms with Gasteiger partial charge in [0.05, 0.1) is 23.9 Å². The van der Waals surface area contributed by atoms with Crippen LogP contribution in [0.3, 0.4) is 0 Å². The lowest BCUT2D eigenvalue weighted by molar-refractivity contribution is -0.136. The standard InChI is InChI=1S/C29H33Cl2N5O3/c1-3-35-24-17-36(28(38)25(24)26(33-29(35)39)22-10-9-20(30)15-23(22)31)18(2)27(37)32-21-11-13-34(14-12-21)16-19-7-5-4-6-8-19/h4-10,15,18,21,26H,3,11-14,16-17H2,1-2H3,(H,32,37)(H,33,39)/t18-,26+/m0/s1. The Balaban J connectivity index is 1.25. The maximum absolute atomic E-state index is 13.8. The van der Waals surface area contributed by atoms with Gasteiger partial charge in [0.1, 0.15) is 6.04 Å². The van der Waals surface area contributed by atoms with Gasteiger partial charge in [-0.1, -0.05) is 59.6 Å². The van der Waals surface area contributed by atoms with E-state index in [4.69, 9.17) is 23.2 Å². The van der Waals surface area contributed by atoms with Gasteiger partial charge in [-0.15, -0.1) is 0 Å². The first kappa shape index (κ1) is 27.5. The van der Waals surface area contributed by atoms with Crippen molar-refractivity contribution in [2.75, 3.05) is 26.2 Å². The number of piperidine rings is 1. The lowest BCUT2D eigenvalue weighted by Gasteiger charge is -2.34. The van der Waals surface area contributed by atoms with E-state index >= 15 is 0 Å². The van der Waals surface area contributed by atoms with E-state index in [9.17, 15) is 14.4 Å². The van der Waals surface area contributed by atoms with Crippen LogP contribution in [0, 0.1) is 0 Å². The van der Waals surface area contributed by atoms with Gasteiger partial charge in [0.15, 0.2) is 0 Å². The molecular formula is C29H33Cl2N5O3. The summed E-state index contributed by atoms with van der Waals surface area (Å²) >= 11 is 12.5. The number of rotatable bonds is 7. The second-order valence-corrected chi connectivity index (χ2v) is 11.2. The number of urea groups is 1. The molecule has 1 fully saturated rings. The van der Waals surface area contributed by atoms with Gasteiger partial charge in [0, 0.05) is 42.3 Å². The number of carbonyl (C=O) groups excluding carboxylic acids is 3. The third-order valence-corrected chi connectivity index (χ3v) is 8.43. The van der Waals surface area contributed by atoms with Crippen molar-refractivity contribution < 1.29 is 14.4 Å². The average Bonchev–Trinajstić information content (AvgIpc) is 3.26. The highest BCUT2D eigenvalue weighted by Gasteiger charge is 2.46. The zero-order valence-electron chi connectivity index (χ0n) is 22.1. The van der Waals surface area contributed by atoms with Crippen molar-refractivity contribution in [2.45, 2.75) is 51.4 Å². The first-order valence-corrected chi connectivity index (χ1v) is 14.2. The predicted molar refractivity (Wildman–Crippen MR) is 151 cm³/mol. The molecule has 3 aliphatic rings. The van der Waals surface area contributed by atoms with E-state index in [-0.39, 0.29) is 30.4 Å². The Morgan fingerprint density at radius 1 is 1.10 bits per heavy atom. The van der Waals surface area contributed by atoms with Crippen molar-refractivity contribution in [2.24, 2.45) is 0 Å². The molecule has 5 rings (SSSR count). The predicted octanol–water partition coefficient (Wildman–Crippen LogP) is 4.35. The highest BCUT2D eigenvalue weighted by Crippen LogP contribution is 2.39. The van der Waals surface area contributed by atoms with Crippen molar-refractivity contribution in [1.29, 1.82) is 0 Å². The molecule has 0 aromatic heterocycles. The van der Waals surface area contributed by atoms with E-state index < -0.39 is 12.1 Å². The third-order valence-electron chi connectivity index (χ3n) is 7.87. The summed E-state index contributed by atoms with van der Waals surface area (Å²) in [7, 11) is 0. The van der Waals surface area contributed by atoms with Crippen LogP contribution in [-0.2, 0) is 16.1 Å². The van der Waals surface area contributed by atoms with Gasteiger partial charge in [0.2, 0.25) is 5.91 Å². The van der Waals surface area contributed by atoms with Crippen molar-refractivity contribution in [1.82, 2.24) is 25.3 Å². The Morgan fingerprint density at radius 2 is 1.82 bits per heavy atom. The number of halogens is 2. The summed E-state index contributed by atoms with van der Waals surface area (Å²) in [5.74, 6) is -0.465. The molecule has 8 nitrogen and oxygen atoms in total. The fourth-order valence-corrected chi connectivity index (χ4v) is 6.19. The Labute approximate surface area is 238 Å². The number of likely N-dealkylation sites (N-methyl/N-ethyl adjacent to an activating group) is 1. The minimum Gasteiger partial charge on any atom is -0.351 e. The van der Waals surface area contributed by atoms with Gasteiger partial charge in [0.25, 0.3) is 5.91 Å². The zero-order chi connectivity index (χ0) is 27.7. The van der Waals surface area contributed by atoms with Crippen LogP contribution in [0.25, 0.3) is 0 Å². The van der Waals surface area contributed by atoms with Crippen LogP contribution >= 0.6 is 23.2 Å². The first-order valence-electron chi connectivity index (χ1n) is 13.4. The summed E-state index contributed by atoms with van der Waals surface area (Å²) in [5.41, 5.74) is 2.92. The molecule has 0 unspecified atom stereocenters. The number of carbonyl (C=O) groups is 3. The molecule has 39 heavy (non-hydrogen) atoms. The molecule has 206 valence electrons. The van der Waals surface area contributed by atoms with Crippen molar-refractivity contribution in [3.05, 3.63) is 81.0 Å². The van der Waals surface area contributed by atoms with E-state index in [1.807, 2.05) is 25.1 Å². The zero-order valence-corrected chi connectivity index (χ0v) is 23.6. The van der Waals surface area contributed by atoms with Crippen LogP contribution in [0.1, 0.15) is 43.9 Å². The molecule has 2 aromatic carbocycles. The quantitative estimate of drug-likeness (QED) is 0.519. The molecule has 10 heteroatoms. The van der Waals surface area contributed by atoms with Crippen molar-refractivity contribution >= 4 is 41.0 Å². The summed E-state index contributed by atoms with van der Waals surface area (Å²) in [4.78, 5) is 45.5. The molecule has 2 atom stereocenters. The number of benzene rings is 2. The molecule has 4 amide bonds. The molecule has 2 aromatic rings. The monoisotopic (exact) mass is 569 g/mol. The third kappa shape index (κ3) is 5.64. The molecule has 0 aliphatic carbocycles. The Morgan fingerprint density at radius 3 is 2.49 bits per heavy atom. The summed E-state index contributed by atoms with van der Waals surface area (Å²) in [6.07, 6.45) is 1.71. The topological polar surface area (TPSA) is 85.0 Å². The smallest absolute Gasteiger partial charge is 0.322 e. The maximum atomic E-state index is 13.8. The minimum atomic E-state index is -0.721. The fourth-order valence-electron chi connectivity index (χ4n) is 5.67. The molecule has 0 spiro atoms. The molecule has 0 saturated carbocycles. The number of hydrogen-bond acceptors (Lipinski definition) is 4. The van der Waals surface area contributed by atoms with Crippen LogP contribution in [0.4, 0.5) is 4.79 Å². The van der Waals surface area contributed by atoms with Gasteiger partial charge >= 0.3 is 6.03 Å². The highest BCUT2D eigenvalue weighted by molar-refractivity contribution is 6.35. The van der Waals surface area contributed by atoms with Crippen LogP contribution in [0.2, 0.25) is 10.0 Å². The first-order chi connectivity index (χ1) is 18.8. The van der Waals surface area contributed by atoms with E-state index in [1.54, 1.807) is 34.9 Å². The second-order valence-electron chi connectivity index (χ2n) is 10.3. The summed E-state index contributed by atoms with van der Waals surface area (Å²) in [6.45, 7) is 6.87. The SMILES string of the molecule is CCN1C(=O)N[C@H](c2ccc(Cl)cc2Cl)C2=C1CN([C@@H](C)C(=O)NC1CCN(Cc3ccccc3)CC1)C2=O. The molecule has 3 heterocycles. The van der Waals surface area contributed by atoms with Gasteiger partial charge < -0.3 is 15.5 Å². The summed E-state index contributed by atoms with van der Waals surface area (Å²) in [5, 5.41) is 6.91. The Bertz CT molecular complexity index is 1290. The van der Waals surface area contributed by atoms with Crippen LogP contribution in [-0.4, -0.2) is 70.8 Å². The second kappa shape index (κ2) is 11.6. The minimum absolute atomic E-state index is 0.0586. The van der Waals surface area contributed by atoms with Gasteiger partial charge in [-0.3, -0.25) is 19.4 Å². The van der Waals surface area contributed by atoms with Gasteiger partial charge in [-0.05, 0) is 49.9 Å². The lowest BCUT2D eigenvalue weighted by atomic mass is 9.95. The molecule has 3 aliphatic heterocycles. The maximum Gasteiger partial charge on any atom is 0.322 e. The van der Waals surface area contributed by atoms with E-state index in [0.717, 1.165) is 32.5 Å². The van der Waals surface area contributed by atoms with Crippen molar-refractivity contribution in [3.8, 4) is 0 Å². The molecular weight excluding hydrogens is 537 g/mol. The number of likely N-dealkylation sites (tertiary alicyclic amines) is 1. The largest absolute Gasteiger partial charge is 0.351 e. The summed E-state index contributed by atoms with van der Waals surface area (Å²) in [6, 6.07) is 13.7. The average molecular weight is 571 g/mol. The van der Waals surface area contributed by atoms with E-state index in [2.05, 4.69) is 27.7 Å². The van der Waals surface area contributed by atoms with Crippen LogP contribution in [0.15, 0.2) is 59.8 Å². The molecule has 0 bridgehead atoms. The van der Waals surface area contributed by atoms with Crippen LogP contribution < -0.4 is 10.6 Å². The van der Waals surface area contributed by atoms with Crippen LogP contribution in [0.5, 0.6) is 0 Å². The molecule has 0 radical (unpaired) electrons. The van der Waals surface area contributed by atoms with E-state index in [1.165, 1.54) is 5.56 Å². The number of nitrogens with one attached hydrogen (secondary N) is 2.